The van der Waals surface area contributed by atoms with Crippen molar-refractivity contribution in [2.75, 3.05) is 7.11 Å². The molecule has 26 heavy (non-hydrogen) atoms. The Balaban J connectivity index is 0.00000196. The fraction of sp³-hybridized carbons (Fsp3) is 0.286. The van der Waals surface area contributed by atoms with Gasteiger partial charge in [-0.3, -0.25) is 0 Å². The summed E-state index contributed by atoms with van der Waals surface area (Å²) in [5, 5.41) is 0. The van der Waals surface area contributed by atoms with Gasteiger partial charge in [0.25, 0.3) is 5.82 Å². The lowest BCUT2D eigenvalue weighted by molar-refractivity contribution is -0.702. The highest BCUT2D eigenvalue weighted by molar-refractivity contribution is 9.10. The Labute approximate surface area is 173 Å². The molecule has 0 unspecified atom stereocenters. The fourth-order valence-electron chi connectivity index (χ4n) is 3.66. The highest BCUT2D eigenvalue weighted by atomic mass is 79.9. The van der Waals surface area contributed by atoms with Gasteiger partial charge in [-0.15, -0.1) is 17.0 Å². The maximum Gasteiger partial charge on any atom is 0.262 e. The molecule has 0 radical (unpaired) electrons. The third kappa shape index (κ3) is 3.60. The number of nitrogens with zero attached hydrogens (tertiary/aromatic N) is 2. The van der Waals surface area contributed by atoms with Crippen LogP contribution in [0.3, 0.4) is 0 Å². The van der Waals surface area contributed by atoms with Crippen molar-refractivity contribution in [1.29, 1.82) is 0 Å². The van der Waals surface area contributed by atoms with Crippen molar-refractivity contribution < 1.29 is 9.30 Å². The zero-order valence-corrected chi connectivity index (χ0v) is 18.1. The molecule has 0 saturated carbocycles. The predicted octanol–water partition coefficient (Wildman–Crippen LogP) is 5.51. The Morgan fingerprint density at radius 1 is 1.00 bits per heavy atom. The van der Waals surface area contributed by atoms with Gasteiger partial charge in [0.2, 0.25) is 0 Å². The van der Waals surface area contributed by atoms with Crippen LogP contribution in [0.15, 0.2) is 59.2 Å². The van der Waals surface area contributed by atoms with Crippen molar-refractivity contribution in [2.45, 2.75) is 32.2 Å². The summed E-state index contributed by atoms with van der Waals surface area (Å²) in [6.07, 6.45) is 7.18. The van der Waals surface area contributed by atoms with E-state index in [1.165, 1.54) is 36.5 Å². The zero-order chi connectivity index (χ0) is 17.2. The normalized spacial score (nSPS) is 13.5. The van der Waals surface area contributed by atoms with E-state index in [9.17, 15) is 0 Å². The maximum atomic E-state index is 5.64. The van der Waals surface area contributed by atoms with Gasteiger partial charge in [-0.25, -0.2) is 4.57 Å². The van der Waals surface area contributed by atoms with Crippen molar-refractivity contribution in [3.05, 3.63) is 65.0 Å². The number of halogens is 2. The van der Waals surface area contributed by atoms with Gasteiger partial charge >= 0.3 is 0 Å². The molecule has 4 rings (SSSR count). The molecule has 0 atom stereocenters. The third-order valence-corrected chi connectivity index (χ3v) is 5.40. The van der Waals surface area contributed by atoms with Crippen LogP contribution in [0.25, 0.3) is 16.9 Å². The lowest BCUT2D eigenvalue weighted by atomic mass is 10.1. The summed E-state index contributed by atoms with van der Waals surface area (Å²) in [4.78, 5) is 0. The van der Waals surface area contributed by atoms with Crippen LogP contribution in [-0.4, -0.2) is 11.7 Å². The quantitative estimate of drug-likeness (QED) is 0.454. The average Bonchev–Trinajstić information content (AvgIpc) is 2.84. The Morgan fingerprint density at radius 3 is 2.54 bits per heavy atom. The zero-order valence-electron chi connectivity index (χ0n) is 14.8. The number of methoxy groups -OCH3 is 1. The molecule has 0 aliphatic carbocycles. The number of rotatable bonds is 3. The molecule has 0 spiro atoms. The fourth-order valence-corrected chi connectivity index (χ4v) is 3.93. The second kappa shape index (κ2) is 8.40. The maximum absolute atomic E-state index is 5.64. The van der Waals surface area contributed by atoms with Crippen molar-refractivity contribution >= 4 is 32.9 Å². The first kappa shape index (κ1) is 19.2. The van der Waals surface area contributed by atoms with Gasteiger partial charge in [-0.05, 0) is 55.7 Å². The molecule has 2 heterocycles. The Kier molecular flexibility index (Phi) is 6.20. The van der Waals surface area contributed by atoms with Crippen LogP contribution >= 0.6 is 32.9 Å². The van der Waals surface area contributed by atoms with E-state index in [0.29, 0.717) is 0 Å². The van der Waals surface area contributed by atoms with Crippen LogP contribution in [0.5, 0.6) is 5.75 Å². The van der Waals surface area contributed by atoms with E-state index in [4.69, 9.17) is 4.74 Å². The van der Waals surface area contributed by atoms with Gasteiger partial charge < -0.3 is 4.74 Å². The largest absolute Gasteiger partial charge is 0.496 e. The predicted molar refractivity (Wildman–Crippen MR) is 114 cm³/mol. The summed E-state index contributed by atoms with van der Waals surface area (Å²) in [5.41, 5.74) is 3.52. The molecule has 1 aliphatic rings. The van der Waals surface area contributed by atoms with Crippen molar-refractivity contribution in [3.63, 3.8) is 0 Å². The van der Waals surface area contributed by atoms with E-state index in [2.05, 4.69) is 67.7 Å². The van der Waals surface area contributed by atoms with E-state index < -0.39 is 0 Å². The molecule has 0 fully saturated rings. The first-order valence-corrected chi connectivity index (χ1v) is 9.60. The topological polar surface area (TPSA) is 18.0 Å². The summed E-state index contributed by atoms with van der Waals surface area (Å²) in [5.74, 6) is 2.29. The number of benzene rings is 2. The Bertz CT molecular complexity index is 888. The Morgan fingerprint density at radius 2 is 1.77 bits per heavy atom. The molecular weight excluding hydrogens is 456 g/mol. The first-order chi connectivity index (χ1) is 12.3. The van der Waals surface area contributed by atoms with Crippen molar-refractivity contribution in [1.82, 2.24) is 4.57 Å². The highest BCUT2D eigenvalue weighted by Gasteiger charge is 2.28. The van der Waals surface area contributed by atoms with Crippen LogP contribution in [0.2, 0.25) is 0 Å². The summed E-state index contributed by atoms with van der Waals surface area (Å²) in [6.45, 7) is 1.08. The smallest absolute Gasteiger partial charge is 0.262 e. The first-order valence-electron chi connectivity index (χ1n) is 8.81. The van der Waals surface area contributed by atoms with Crippen molar-refractivity contribution in [2.24, 2.45) is 0 Å². The minimum Gasteiger partial charge on any atom is -0.496 e. The molecule has 0 bridgehead atoms. The summed E-state index contributed by atoms with van der Waals surface area (Å²) in [7, 11) is 1.74. The number of fused-ring (bicyclic) bond motifs is 1. The number of ether oxygens (including phenoxy) is 1. The molecule has 0 amide bonds. The number of aromatic nitrogens is 2. The molecule has 136 valence electrons. The lowest BCUT2D eigenvalue weighted by Crippen LogP contribution is -2.35. The number of aryl methyl sites for hydroxylation is 1. The molecular formula is C21H23Br2N2O+. The minimum absolute atomic E-state index is 0. The van der Waals surface area contributed by atoms with Gasteiger partial charge in [-0.2, -0.15) is 4.57 Å². The molecule has 1 aromatic heterocycles. The van der Waals surface area contributed by atoms with Gasteiger partial charge in [0.1, 0.15) is 17.6 Å². The summed E-state index contributed by atoms with van der Waals surface area (Å²) < 4.78 is 11.6. The second-order valence-electron chi connectivity index (χ2n) is 6.45. The third-order valence-electron chi connectivity index (χ3n) is 4.88. The van der Waals surface area contributed by atoms with E-state index in [0.717, 1.165) is 28.8 Å². The highest BCUT2D eigenvalue weighted by Crippen LogP contribution is 2.33. The van der Waals surface area contributed by atoms with Gasteiger partial charge in [-0.1, -0.05) is 28.1 Å². The standard InChI is InChI=1S/C21H22BrN2O.BrH/c1-25-20-8-5-4-7-18(20)19-15-23-14-6-2-3-9-21(23)24(19)17-12-10-16(22)11-13-17;/h4-5,7-8,10-13,15H,2-3,6,9,14H2,1H3;1H/q+1;. The average molecular weight is 479 g/mol. The number of para-hydroxylation sites is 1. The van der Waals surface area contributed by atoms with Crippen LogP contribution in [0.4, 0.5) is 0 Å². The van der Waals surface area contributed by atoms with E-state index in [1.807, 2.05) is 12.1 Å². The number of hydrogen-bond acceptors (Lipinski definition) is 1. The van der Waals surface area contributed by atoms with Gasteiger partial charge in [0, 0.05) is 10.9 Å². The SMILES string of the molecule is Br.COc1ccccc1-c1c[n+]2c(n1-c1ccc(Br)cc1)CCCCC2. The molecule has 1 aliphatic heterocycles. The summed E-state index contributed by atoms with van der Waals surface area (Å²) >= 11 is 3.55. The van der Waals surface area contributed by atoms with Crippen LogP contribution < -0.4 is 9.30 Å². The minimum atomic E-state index is 0. The molecule has 0 N–H and O–H groups in total. The van der Waals surface area contributed by atoms with Crippen LogP contribution in [0.1, 0.15) is 25.1 Å². The molecule has 3 nitrogen and oxygen atoms in total. The molecule has 5 heteroatoms. The van der Waals surface area contributed by atoms with E-state index in [-0.39, 0.29) is 17.0 Å². The van der Waals surface area contributed by atoms with Crippen LogP contribution in [-0.2, 0) is 13.0 Å². The number of imidazole rings is 1. The van der Waals surface area contributed by atoms with Crippen LogP contribution in [0, 0.1) is 0 Å². The lowest BCUT2D eigenvalue weighted by Gasteiger charge is -2.08. The molecule has 3 aromatic rings. The number of hydrogen-bond donors (Lipinski definition) is 0. The van der Waals surface area contributed by atoms with Gasteiger partial charge in [0.05, 0.1) is 19.2 Å². The molecule has 0 saturated heterocycles. The van der Waals surface area contributed by atoms with Gasteiger partial charge in [0.15, 0.2) is 5.69 Å². The monoisotopic (exact) mass is 477 g/mol. The Hall–Kier alpha value is -1.59. The van der Waals surface area contributed by atoms with E-state index >= 15 is 0 Å². The van der Waals surface area contributed by atoms with Crippen molar-refractivity contribution in [3.8, 4) is 22.7 Å². The molecule has 2 aromatic carbocycles. The summed E-state index contributed by atoms with van der Waals surface area (Å²) in [6, 6.07) is 16.8. The van der Waals surface area contributed by atoms with E-state index in [1.54, 1.807) is 7.11 Å². The second-order valence-corrected chi connectivity index (χ2v) is 7.36.